The van der Waals surface area contributed by atoms with E-state index in [1.807, 2.05) is 6.92 Å². The first-order chi connectivity index (χ1) is 8.49. The summed E-state index contributed by atoms with van der Waals surface area (Å²) in [6.45, 7) is 3.66. The molecule has 0 heterocycles. The normalized spacial score (nSPS) is 16.1. The van der Waals surface area contributed by atoms with Gasteiger partial charge >= 0.3 is 5.97 Å². The summed E-state index contributed by atoms with van der Waals surface area (Å²) in [4.78, 5) is 22.8. The van der Waals surface area contributed by atoms with Gasteiger partial charge in [0.2, 0.25) is 5.91 Å². The van der Waals surface area contributed by atoms with Gasteiger partial charge < -0.3 is 10.4 Å². The van der Waals surface area contributed by atoms with Gasteiger partial charge in [0.05, 0.1) is 5.56 Å². The molecule has 4 heteroatoms. The Hall–Kier alpha value is -1.84. The van der Waals surface area contributed by atoms with Gasteiger partial charge in [-0.1, -0.05) is 6.92 Å². The summed E-state index contributed by atoms with van der Waals surface area (Å²) in [5.74, 6) is -0.384. The van der Waals surface area contributed by atoms with E-state index in [0.717, 1.165) is 12.8 Å². The van der Waals surface area contributed by atoms with Gasteiger partial charge in [-0.25, -0.2) is 4.79 Å². The maximum Gasteiger partial charge on any atom is 0.335 e. The molecule has 1 atom stereocenters. The van der Waals surface area contributed by atoms with Crippen LogP contribution in [0.2, 0.25) is 0 Å². The van der Waals surface area contributed by atoms with Gasteiger partial charge in [-0.3, -0.25) is 4.79 Å². The minimum Gasteiger partial charge on any atom is -0.478 e. The predicted octanol–water partition coefficient (Wildman–Crippen LogP) is 2.68. The lowest BCUT2D eigenvalue weighted by molar-refractivity contribution is -0.119. The molecule has 4 nitrogen and oxygen atoms in total. The van der Waals surface area contributed by atoms with Gasteiger partial charge in [-0.2, -0.15) is 0 Å². The second-order valence-electron chi connectivity index (χ2n) is 4.95. The summed E-state index contributed by atoms with van der Waals surface area (Å²) in [6.07, 6.45) is 2.26. The lowest BCUT2D eigenvalue weighted by Crippen LogP contribution is -2.21. The lowest BCUT2D eigenvalue weighted by Gasteiger charge is -2.12. The van der Waals surface area contributed by atoms with E-state index in [2.05, 4.69) is 5.32 Å². The molecule has 1 aliphatic rings. The fourth-order valence-corrected chi connectivity index (χ4v) is 2.05. The van der Waals surface area contributed by atoms with Gasteiger partial charge in [0.15, 0.2) is 0 Å². The smallest absolute Gasteiger partial charge is 0.335 e. The van der Waals surface area contributed by atoms with E-state index in [-0.39, 0.29) is 17.4 Å². The monoisotopic (exact) mass is 247 g/mol. The number of rotatable bonds is 4. The number of hydrogen-bond donors (Lipinski definition) is 2. The van der Waals surface area contributed by atoms with Crippen LogP contribution in [0, 0.1) is 18.8 Å². The van der Waals surface area contributed by atoms with E-state index in [4.69, 9.17) is 5.11 Å². The van der Waals surface area contributed by atoms with Crippen LogP contribution >= 0.6 is 0 Å². The van der Waals surface area contributed by atoms with Crippen LogP contribution in [0.15, 0.2) is 18.2 Å². The van der Waals surface area contributed by atoms with Crippen LogP contribution in [0.4, 0.5) is 5.69 Å². The molecule has 0 radical (unpaired) electrons. The zero-order valence-electron chi connectivity index (χ0n) is 10.6. The predicted molar refractivity (Wildman–Crippen MR) is 68.7 cm³/mol. The Labute approximate surface area is 106 Å². The molecule has 96 valence electrons. The molecule has 1 aliphatic carbocycles. The maximum atomic E-state index is 11.9. The van der Waals surface area contributed by atoms with Crippen molar-refractivity contribution in [2.24, 2.45) is 11.8 Å². The van der Waals surface area contributed by atoms with Crippen LogP contribution < -0.4 is 5.32 Å². The van der Waals surface area contributed by atoms with Crippen LogP contribution in [0.25, 0.3) is 0 Å². The van der Waals surface area contributed by atoms with E-state index in [1.54, 1.807) is 19.1 Å². The summed E-state index contributed by atoms with van der Waals surface area (Å²) >= 11 is 0. The van der Waals surface area contributed by atoms with Gasteiger partial charge in [0.25, 0.3) is 0 Å². The first-order valence-corrected chi connectivity index (χ1v) is 6.14. The van der Waals surface area contributed by atoms with E-state index >= 15 is 0 Å². The highest BCUT2D eigenvalue weighted by atomic mass is 16.4. The first kappa shape index (κ1) is 12.6. The topological polar surface area (TPSA) is 66.4 Å². The Morgan fingerprint density at radius 1 is 1.39 bits per heavy atom. The van der Waals surface area contributed by atoms with Crippen LogP contribution in [0.3, 0.4) is 0 Å². The molecule has 0 aromatic heterocycles. The lowest BCUT2D eigenvalue weighted by atomic mass is 10.0. The van der Waals surface area contributed by atoms with Crippen LogP contribution in [0.1, 0.15) is 35.7 Å². The van der Waals surface area contributed by atoms with Crippen molar-refractivity contribution in [2.45, 2.75) is 26.7 Å². The summed E-state index contributed by atoms with van der Waals surface area (Å²) < 4.78 is 0. The quantitative estimate of drug-likeness (QED) is 0.859. The van der Waals surface area contributed by atoms with Gasteiger partial charge in [-0.15, -0.1) is 0 Å². The van der Waals surface area contributed by atoms with Crippen molar-refractivity contribution in [3.8, 4) is 0 Å². The molecule has 0 bridgehead atoms. The molecule has 2 rings (SSSR count). The van der Waals surface area contributed by atoms with Gasteiger partial charge in [-0.05, 0) is 49.4 Å². The van der Waals surface area contributed by atoms with E-state index < -0.39 is 5.97 Å². The zero-order valence-corrected chi connectivity index (χ0v) is 10.6. The molecule has 1 unspecified atom stereocenters. The molecular formula is C14H17NO3. The molecule has 2 N–H and O–H groups in total. The van der Waals surface area contributed by atoms with Crippen molar-refractivity contribution in [2.75, 3.05) is 5.32 Å². The Morgan fingerprint density at radius 3 is 2.56 bits per heavy atom. The fraction of sp³-hybridized carbons (Fsp3) is 0.429. The summed E-state index contributed by atoms with van der Waals surface area (Å²) in [5, 5.41) is 11.8. The second-order valence-corrected chi connectivity index (χ2v) is 4.95. The van der Waals surface area contributed by atoms with Crippen LogP contribution in [-0.2, 0) is 4.79 Å². The highest BCUT2D eigenvalue weighted by Crippen LogP contribution is 2.37. The standard InChI is InChI=1S/C14H17NO3/c1-8-7-11(5-6-12(8)14(17)18)15-13(16)9(2)10-3-4-10/h5-7,9-10H,3-4H2,1-2H3,(H,15,16)(H,17,18). The average Bonchev–Trinajstić information content (AvgIpc) is 3.11. The molecule has 1 fully saturated rings. The molecule has 0 aliphatic heterocycles. The molecule has 1 amide bonds. The largest absolute Gasteiger partial charge is 0.478 e. The summed E-state index contributed by atoms with van der Waals surface area (Å²) in [5.41, 5.74) is 1.58. The number of benzene rings is 1. The minimum absolute atomic E-state index is 0.0139. The molecule has 18 heavy (non-hydrogen) atoms. The Kier molecular flexibility index (Phi) is 3.36. The molecule has 1 aromatic carbocycles. The van der Waals surface area contributed by atoms with Crippen molar-refractivity contribution in [1.29, 1.82) is 0 Å². The number of carbonyl (C=O) groups excluding carboxylic acids is 1. The Morgan fingerprint density at radius 2 is 2.06 bits per heavy atom. The first-order valence-electron chi connectivity index (χ1n) is 6.14. The number of carboxylic acids is 1. The molecule has 0 spiro atoms. The number of amides is 1. The number of carbonyl (C=O) groups is 2. The highest BCUT2D eigenvalue weighted by molar-refractivity contribution is 5.94. The van der Waals surface area contributed by atoms with Crippen molar-refractivity contribution in [3.63, 3.8) is 0 Å². The zero-order chi connectivity index (χ0) is 13.3. The maximum absolute atomic E-state index is 11.9. The molecule has 0 saturated heterocycles. The minimum atomic E-state index is -0.947. The van der Waals surface area contributed by atoms with Crippen molar-refractivity contribution < 1.29 is 14.7 Å². The van der Waals surface area contributed by atoms with Crippen molar-refractivity contribution >= 4 is 17.6 Å². The third kappa shape index (κ3) is 2.70. The second kappa shape index (κ2) is 4.80. The number of aromatic carboxylic acids is 1. The molecular weight excluding hydrogens is 230 g/mol. The number of aryl methyl sites for hydroxylation is 1. The van der Waals surface area contributed by atoms with Crippen molar-refractivity contribution in [1.82, 2.24) is 0 Å². The fourth-order valence-electron chi connectivity index (χ4n) is 2.05. The Balaban J connectivity index is 2.07. The summed E-state index contributed by atoms with van der Waals surface area (Å²) in [6, 6.07) is 4.85. The number of hydrogen-bond acceptors (Lipinski definition) is 2. The SMILES string of the molecule is Cc1cc(NC(=O)C(C)C2CC2)ccc1C(=O)O. The highest BCUT2D eigenvalue weighted by Gasteiger charge is 2.32. The molecule has 1 saturated carbocycles. The van der Waals surface area contributed by atoms with Crippen LogP contribution in [-0.4, -0.2) is 17.0 Å². The number of carboxylic acid groups (broad SMARTS) is 1. The Bertz CT molecular complexity index is 492. The average molecular weight is 247 g/mol. The molecule has 1 aromatic rings. The van der Waals surface area contributed by atoms with E-state index in [1.165, 1.54) is 6.07 Å². The number of anilines is 1. The van der Waals surface area contributed by atoms with Gasteiger partial charge in [0, 0.05) is 11.6 Å². The van der Waals surface area contributed by atoms with E-state index in [9.17, 15) is 9.59 Å². The number of nitrogens with one attached hydrogen (secondary N) is 1. The van der Waals surface area contributed by atoms with Gasteiger partial charge in [0.1, 0.15) is 0 Å². The van der Waals surface area contributed by atoms with Crippen molar-refractivity contribution in [3.05, 3.63) is 29.3 Å². The summed E-state index contributed by atoms with van der Waals surface area (Å²) in [7, 11) is 0. The third-order valence-electron chi connectivity index (χ3n) is 3.47. The third-order valence-corrected chi connectivity index (χ3v) is 3.47. The van der Waals surface area contributed by atoms with E-state index in [0.29, 0.717) is 17.2 Å². The van der Waals surface area contributed by atoms with Crippen LogP contribution in [0.5, 0.6) is 0 Å².